The second-order valence-electron chi connectivity index (χ2n) is 9.51. The lowest BCUT2D eigenvalue weighted by atomic mass is 9.86. The molecule has 5 aromatic rings. The maximum absolute atomic E-state index is 13.4. The fraction of sp³-hybridized carbons (Fsp3) is 0.296. The van der Waals surface area contributed by atoms with Crippen LogP contribution < -0.4 is 9.80 Å². The molecule has 1 N–H and O–H groups in total. The summed E-state index contributed by atoms with van der Waals surface area (Å²) in [5.41, 5.74) is 2.92. The SMILES string of the molecule is CC[C@@](O)(c1ccc(F)cc1)c1cnc(N2CCN(c3ncnn4cc(-c5cnn(C)c5)cc34)CC2)nc1. The van der Waals surface area contributed by atoms with Crippen LogP contribution in [0.25, 0.3) is 16.6 Å². The standard InChI is InChI=1S/C27H28FN9O/c1-3-27(38,21-4-6-23(28)7-5-21)22-14-29-26(30-15-22)36-10-8-35(9-11-36)25-24-12-19(17-37(24)33-18-31-25)20-13-32-34(2)16-20/h4-7,12-18,38H,3,8-11H2,1-2H3/t27-/m1/s1. The lowest BCUT2D eigenvalue weighted by Crippen LogP contribution is -2.47. The predicted octanol–water partition coefficient (Wildman–Crippen LogP) is 3.03. The normalized spacial score (nSPS) is 15.7. The number of rotatable bonds is 6. The van der Waals surface area contributed by atoms with Crippen molar-refractivity contribution in [2.45, 2.75) is 18.9 Å². The molecular weight excluding hydrogens is 485 g/mol. The molecule has 194 valence electrons. The van der Waals surface area contributed by atoms with Gasteiger partial charge in [0.2, 0.25) is 5.95 Å². The second kappa shape index (κ2) is 9.49. The van der Waals surface area contributed by atoms with Gasteiger partial charge in [-0.2, -0.15) is 10.2 Å². The fourth-order valence-electron chi connectivity index (χ4n) is 5.01. The maximum atomic E-state index is 13.4. The van der Waals surface area contributed by atoms with Gasteiger partial charge >= 0.3 is 0 Å². The Labute approximate surface area is 219 Å². The number of nitrogens with zero attached hydrogens (tertiary/aromatic N) is 9. The highest BCUT2D eigenvalue weighted by Crippen LogP contribution is 2.33. The lowest BCUT2D eigenvalue weighted by molar-refractivity contribution is 0.0757. The van der Waals surface area contributed by atoms with Crippen LogP contribution in [-0.2, 0) is 12.6 Å². The molecule has 0 aliphatic carbocycles. The van der Waals surface area contributed by atoms with Crippen LogP contribution in [0.2, 0.25) is 0 Å². The number of aliphatic hydroxyl groups is 1. The van der Waals surface area contributed by atoms with Crippen molar-refractivity contribution in [2.75, 3.05) is 36.0 Å². The Morgan fingerprint density at radius 1 is 0.868 bits per heavy atom. The van der Waals surface area contributed by atoms with Gasteiger partial charge in [0.05, 0.1) is 6.20 Å². The molecule has 38 heavy (non-hydrogen) atoms. The van der Waals surface area contributed by atoms with E-state index in [0.717, 1.165) is 48.6 Å². The van der Waals surface area contributed by atoms with E-state index in [4.69, 9.17) is 0 Å². The molecule has 1 aliphatic heterocycles. The zero-order valence-electron chi connectivity index (χ0n) is 21.2. The Morgan fingerprint density at radius 2 is 1.58 bits per heavy atom. The number of fused-ring (bicyclic) bond motifs is 1. The van der Waals surface area contributed by atoms with Crippen LogP contribution >= 0.6 is 0 Å². The average molecular weight is 514 g/mol. The molecule has 10 nitrogen and oxygen atoms in total. The van der Waals surface area contributed by atoms with Gasteiger partial charge in [0, 0.05) is 74.7 Å². The largest absolute Gasteiger partial charge is 0.380 e. The van der Waals surface area contributed by atoms with Gasteiger partial charge in [-0.1, -0.05) is 19.1 Å². The molecule has 0 amide bonds. The molecule has 0 saturated carbocycles. The third kappa shape index (κ3) is 4.24. The fourth-order valence-corrected chi connectivity index (χ4v) is 5.01. The minimum atomic E-state index is -1.28. The Hall–Kier alpha value is -4.38. The lowest BCUT2D eigenvalue weighted by Gasteiger charge is -2.35. The highest BCUT2D eigenvalue weighted by atomic mass is 19.1. The number of hydrogen-bond donors (Lipinski definition) is 1. The quantitative estimate of drug-likeness (QED) is 0.370. The molecule has 6 rings (SSSR count). The predicted molar refractivity (Wildman–Crippen MR) is 141 cm³/mol. The summed E-state index contributed by atoms with van der Waals surface area (Å²) < 4.78 is 17.0. The van der Waals surface area contributed by atoms with E-state index < -0.39 is 5.60 Å². The van der Waals surface area contributed by atoms with Gasteiger partial charge in [-0.25, -0.2) is 23.9 Å². The zero-order valence-corrected chi connectivity index (χ0v) is 21.2. The van der Waals surface area contributed by atoms with Gasteiger partial charge in [0.25, 0.3) is 0 Å². The molecule has 0 radical (unpaired) electrons. The van der Waals surface area contributed by atoms with E-state index in [1.54, 1.807) is 35.5 Å². The van der Waals surface area contributed by atoms with Crippen molar-refractivity contribution in [3.8, 4) is 11.1 Å². The minimum Gasteiger partial charge on any atom is -0.380 e. The van der Waals surface area contributed by atoms with Gasteiger partial charge < -0.3 is 14.9 Å². The van der Waals surface area contributed by atoms with Gasteiger partial charge in [-0.05, 0) is 30.2 Å². The van der Waals surface area contributed by atoms with E-state index in [1.165, 1.54) is 12.1 Å². The summed E-state index contributed by atoms with van der Waals surface area (Å²) >= 11 is 0. The average Bonchev–Trinajstić information content (AvgIpc) is 3.59. The highest BCUT2D eigenvalue weighted by molar-refractivity contribution is 5.77. The Kier molecular flexibility index (Phi) is 5.99. The first-order valence-electron chi connectivity index (χ1n) is 12.6. The third-order valence-electron chi connectivity index (χ3n) is 7.24. The summed E-state index contributed by atoms with van der Waals surface area (Å²) in [6.45, 7) is 4.83. The molecule has 1 fully saturated rings. The van der Waals surface area contributed by atoms with Crippen LogP contribution in [0.1, 0.15) is 24.5 Å². The Balaban J connectivity index is 1.17. The monoisotopic (exact) mass is 513 g/mol. The van der Waals surface area contributed by atoms with E-state index in [2.05, 4.69) is 41.0 Å². The van der Waals surface area contributed by atoms with Crippen LogP contribution in [0.3, 0.4) is 0 Å². The van der Waals surface area contributed by atoms with Gasteiger partial charge in [0.15, 0.2) is 5.82 Å². The number of benzene rings is 1. The number of anilines is 2. The van der Waals surface area contributed by atoms with Gasteiger partial charge in [-0.15, -0.1) is 0 Å². The first-order valence-corrected chi connectivity index (χ1v) is 12.6. The number of aromatic nitrogens is 7. The second-order valence-corrected chi connectivity index (χ2v) is 9.51. The van der Waals surface area contributed by atoms with Crippen LogP contribution in [0.15, 0.2) is 67.6 Å². The van der Waals surface area contributed by atoms with E-state index in [0.29, 0.717) is 23.5 Å². The van der Waals surface area contributed by atoms with Crippen molar-refractivity contribution in [1.82, 2.24) is 34.3 Å². The summed E-state index contributed by atoms with van der Waals surface area (Å²) in [6, 6.07) is 7.99. The molecule has 1 atom stereocenters. The molecule has 0 bridgehead atoms. The van der Waals surface area contributed by atoms with Crippen molar-refractivity contribution in [3.63, 3.8) is 0 Å². The van der Waals surface area contributed by atoms with Crippen molar-refractivity contribution in [1.29, 1.82) is 0 Å². The summed E-state index contributed by atoms with van der Waals surface area (Å²) in [6.07, 6.45) is 11.1. The summed E-state index contributed by atoms with van der Waals surface area (Å²) in [5.74, 6) is 1.16. The number of halogens is 1. The van der Waals surface area contributed by atoms with E-state index in [1.807, 2.05) is 37.1 Å². The van der Waals surface area contributed by atoms with Crippen LogP contribution in [0.5, 0.6) is 0 Å². The minimum absolute atomic E-state index is 0.341. The maximum Gasteiger partial charge on any atom is 0.225 e. The van der Waals surface area contributed by atoms with Crippen LogP contribution in [0, 0.1) is 5.82 Å². The van der Waals surface area contributed by atoms with Crippen molar-refractivity contribution in [2.24, 2.45) is 7.05 Å². The van der Waals surface area contributed by atoms with E-state index in [9.17, 15) is 9.50 Å². The molecule has 0 unspecified atom stereocenters. The molecule has 1 aromatic carbocycles. The summed E-state index contributed by atoms with van der Waals surface area (Å²) in [7, 11) is 1.90. The molecule has 0 spiro atoms. The van der Waals surface area contributed by atoms with E-state index >= 15 is 0 Å². The van der Waals surface area contributed by atoms with Crippen molar-refractivity contribution >= 4 is 17.3 Å². The van der Waals surface area contributed by atoms with Crippen LogP contribution in [-0.4, -0.2) is 65.6 Å². The van der Waals surface area contributed by atoms with Crippen LogP contribution in [0.4, 0.5) is 16.2 Å². The van der Waals surface area contributed by atoms with Crippen molar-refractivity contribution < 1.29 is 9.50 Å². The zero-order chi connectivity index (χ0) is 26.3. The Bertz CT molecular complexity index is 1560. The molecule has 1 aliphatic rings. The highest BCUT2D eigenvalue weighted by Gasteiger charge is 2.31. The smallest absolute Gasteiger partial charge is 0.225 e. The molecule has 11 heteroatoms. The number of piperazine rings is 1. The molecule has 5 heterocycles. The summed E-state index contributed by atoms with van der Waals surface area (Å²) in [4.78, 5) is 18.1. The van der Waals surface area contributed by atoms with E-state index in [-0.39, 0.29) is 5.82 Å². The topological polar surface area (TPSA) is 101 Å². The molecule has 4 aromatic heterocycles. The third-order valence-corrected chi connectivity index (χ3v) is 7.24. The van der Waals surface area contributed by atoms with Gasteiger partial charge in [-0.3, -0.25) is 4.68 Å². The number of hydrogen-bond acceptors (Lipinski definition) is 8. The molecular formula is C27H28FN9O. The number of aryl methyl sites for hydroxylation is 1. The first kappa shape index (κ1) is 24.0. The summed E-state index contributed by atoms with van der Waals surface area (Å²) in [5, 5.41) is 20.0. The van der Waals surface area contributed by atoms with Gasteiger partial charge in [0.1, 0.15) is 23.3 Å². The Morgan fingerprint density at radius 3 is 2.24 bits per heavy atom. The molecule has 1 saturated heterocycles. The van der Waals surface area contributed by atoms with Crippen molar-refractivity contribution in [3.05, 3.63) is 84.6 Å². The first-order chi connectivity index (χ1) is 18.4.